The van der Waals surface area contributed by atoms with Gasteiger partial charge in [-0.3, -0.25) is 4.79 Å². The molecule has 2 bridgehead atoms. The highest BCUT2D eigenvalue weighted by Crippen LogP contribution is 2.67. The number of esters is 1. The van der Waals surface area contributed by atoms with Gasteiger partial charge >= 0.3 is 5.97 Å². The predicted molar refractivity (Wildman–Crippen MR) is 121 cm³/mol. The molecule has 0 amide bonds. The molecule has 0 spiro atoms. The third-order valence-corrected chi connectivity index (χ3v) is 7.62. The summed E-state index contributed by atoms with van der Waals surface area (Å²) in [4.78, 5) is 25.5. The molecular weight excluding hydrogens is 404 g/mol. The van der Waals surface area contributed by atoms with E-state index in [1.54, 1.807) is 37.4 Å². The van der Waals surface area contributed by atoms with Gasteiger partial charge in [0.1, 0.15) is 11.9 Å². The molecule has 0 aliphatic heterocycles. The molecule has 0 heterocycles. The van der Waals surface area contributed by atoms with E-state index in [2.05, 4.69) is 20.4 Å². The van der Waals surface area contributed by atoms with Gasteiger partial charge in [0.05, 0.1) is 19.8 Å². The van der Waals surface area contributed by atoms with Crippen molar-refractivity contribution in [3.05, 3.63) is 78.4 Å². The molecule has 2 aromatic carbocycles. The number of ketones is 1. The van der Waals surface area contributed by atoms with Crippen LogP contribution in [-0.2, 0) is 20.9 Å². The quantitative estimate of drug-likeness (QED) is 0.253. The Labute approximate surface area is 189 Å². The summed E-state index contributed by atoms with van der Waals surface area (Å²) < 4.78 is 17.5. The SMILES string of the molecule is C=C[C@@]12CC[C@@H]([C@H](OCc3ccc(OC)cc3)[C@H]1OC(=O)C(=O)c1ccccc1)C2(C)C. The molecule has 32 heavy (non-hydrogen) atoms. The molecule has 4 atom stereocenters. The van der Waals surface area contributed by atoms with E-state index in [0.717, 1.165) is 24.2 Å². The Balaban J connectivity index is 1.57. The number of ether oxygens (including phenoxy) is 3. The molecule has 5 heteroatoms. The third-order valence-electron chi connectivity index (χ3n) is 7.62. The third kappa shape index (κ3) is 3.55. The van der Waals surface area contributed by atoms with Crippen molar-refractivity contribution in [3.63, 3.8) is 0 Å². The molecule has 0 radical (unpaired) electrons. The summed E-state index contributed by atoms with van der Waals surface area (Å²) in [7, 11) is 1.63. The van der Waals surface area contributed by atoms with E-state index in [1.165, 1.54) is 0 Å². The van der Waals surface area contributed by atoms with Gasteiger partial charge in [-0.2, -0.15) is 0 Å². The molecule has 2 aliphatic carbocycles. The maximum atomic E-state index is 12.9. The highest BCUT2D eigenvalue weighted by Gasteiger charge is 2.69. The van der Waals surface area contributed by atoms with Crippen LogP contribution in [0.15, 0.2) is 67.3 Å². The van der Waals surface area contributed by atoms with Gasteiger partial charge < -0.3 is 14.2 Å². The monoisotopic (exact) mass is 434 g/mol. The van der Waals surface area contributed by atoms with Gasteiger partial charge in [-0.15, -0.1) is 6.58 Å². The van der Waals surface area contributed by atoms with Crippen molar-refractivity contribution in [2.45, 2.75) is 45.5 Å². The molecule has 2 aliphatic rings. The number of carbonyl (C=O) groups is 2. The van der Waals surface area contributed by atoms with Gasteiger partial charge in [0.25, 0.3) is 5.78 Å². The van der Waals surface area contributed by atoms with Crippen LogP contribution in [0, 0.1) is 16.7 Å². The summed E-state index contributed by atoms with van der Waals surface area (Å²) in [6.45, 7) is 8.85. The highest BCUT2D eigenvalue weighted by atomic mass is 16.6. The van der Waals surface area contributed by atoms with Gasteiger partial charge in [-0.05, 0) is 41.9 Å². The fraction of sp³-hybridized carbons (Fsp3) is 0.407. The van der Waals surface area contributed by atoms with Crippen molar-refractivity contribution in [2.75, 3.05) is 7.11 Å². The van der Waals surface area contributed by atoms with Crippen LogP contribution >= 0.6 is 0 Å². The second-order valence-corrected chi connectivity index (χ2v) is 9.26. The van der Waals surface area contributed by atoms with Crippen LogP contribution in [0.25, 0.3) is 0 Å². The summed E-state index contributed by atoms with van der Waals surface area (Å²) in [6, 6.07) is 16.2. The Morgan fingerprint density at radius 2 is 1.78 bits per heavy atom. The minimum atomic E-state index is -0.844. The summed E-state index contributed by atoms with van der Waals surface area (Å²) in [6.07, 6.45) is 2.86. The first-order valence-corrected chi connectivity index (χ1v) is 11.0. The summed E-state index contributed by atoms with van der Waals surface area (Å²) in [5, 5.41) is 0. The molecule has 168 valence electrons. The zero-order valence-corrected chi connectivity index (χ0v) is 18.9. The van der Waals surface area contributed by atoms with Crippen LogP contribution in [0.1, 0.15) is 42.6 Å². The van der Waals surface area contributed by atoms with Gasteiger partial charge in [-0.1, -0.05) is 62.4 Å². The standard InChI is InChI=1S/C27H30O5/c1-5-27-16-15-21(26(27,2)3)23(31-17-18-11-13-20(30-4)14-12-18)24(27)32-25(29)22(28)19-9-7-6-8-10-19/h5-14,21,23-24H,1,15-17H2,2-4H3/t21-,23-,24+,27+/m0/s1. The smallest absolute Gasteiger partial charge is 0.380 e. The van der Waals surface area contributed by atoms with Gasteiger partial charge in [0, 0.05) is 11.0 Å². The maximum absolute atomic E-state index is 12.9. The molecule has 0 unspecified atom stereocenters. The largest absolute Gasteiger partial charge is 0.497 e. The van der Waals surface area contributed by atoms with E-state index in [0.29, 0.717) is 12.2 Å². The zero-order valence-electron chi connectivity index (χ0n) is 18.9. The maximum Gasteiger partial charge on any atom is 0.380 e. The fourth-order valence-corrected chi connectivity index (χ4v) is 5.66. The van der Waals surface area contributed by atoms with Crippen molar-refractivity contribution in [1.29, 1.82) is 0 Å². The lowest BCUT2D eigenvalue weighted by molar-refractivity contribution is -0.162. The number of rotatable bonds is 8. The summed E-state index contributed by atoms with van der Waals surface area (Å²) in [5.74, 6) is -0.502. The number of benzene rings is 2. The average molecular weight is 435 g/mol. The molecule has 4 rings (SSSR count). The Hall–Kier alpha value is -2.92. The van der Waals surface area contributed by atoms with Gasteiger partial charge in [0.15, 0.2) is 0 Å². The lowest BCUT2D eigenvalue weighted by Crippen LogP contribution is -2.45. The van der Waals surface area contributed by atoms with Crippen LogP contribution in [-0.4, -0.2) is 31.1 Å². The van der Waals surface area contributed by atoms with Gasteiger partial charge in [-0.25, -0.2) is 4.79 Å². The first kappa shape index (κ1) is 22.3. The topological polar surface area (TPSA) is 61.8 Å². The van der Waals surface area contributed by atoms with Crippen molar-refractivity contribution >= 4 is 11.8 Å². The first-order chi connectivity index (χ1) is 15.3. The van der Waals surface area contributed by atoms with Crippen LogP contribution < -0.4 is 4.74 Å². The second-order valence-electron chi connectivity index (χ2n) is 9.26. The molecule has 0 aromatic heterocycles. The first-order valence-electron chi connectivity index (χ1n) is 11.0. The van der Waals surface area contributed by atoms with Crippen molar-refractivity contribution in [1.82, 2.24) is 0 Å². The van der Waals surface area contributed by atoms with Crippen LogP contribution in [0.3, 0.4) is 0 Å². The lowest BCUT2D eigenvalue weighted by atomic mass is 9.68. The summed E-state index contributed by atoms with van der Waals surface area (Å²) >= 11 is 0. The van der Waals surface area contributed by atoms with Crippen molar-refractivity contribution < 1.29 is 23.8 Å². The van der Waals surface area contributed by atoms with E-state index in [4.69, 9.17) is 14.2 Å². The van der Waals surface area contributed by atoms with E-state index >= 15 is 0 Å². The van der Waals surface area contributed by atoms with E-state index < -0.39 is 23.3 Å². The highest BCUT2D eigenvalue weighted by molar-refractivity contribution is 6.40. The fourth-order valence-electron chi connectivity index (χ4n) is 5.66. The Morgan fingerprint density at radius 1 is 1.09 bits per heavy atom. The van der Waals surface area contributed by atoms with Crippen LogP contribution in [0.2, 0.25) is 0 Å². The average Bonchev–Trinajstić information content (AvgIpc) is 3.18. The normalized spacial score (nSPS) is 27.7. The molecule has 2 saturated carbocycles. The number of Topliss-reactive ketones (excluding diaryl/α,β-unsaturated/α-hetero) is 1. The molecule has 0 saturated heterocycles. The number of hydrogen-bond donors (Lipinski definition) is 0. The Bertz CT molecular complexity index is 994. The number of methoxy groups -OCH3 is 1. The number of fused-ring (bicyclic) bond motifs is 2. The van der Waals surface area contributed by atoms with E-state index in [1.807, 2.05) is 30.3 Å². The predicted octanol–water partition coefficient (Wildman–Crippen LogP) is 5.00. The molecular formula is C27H30O5. The van der Waals surface area contributed by atoms with Crippen LogP contribution in [0.5, 0.6) is 5.75 Å². The lowest BCUT2D eigenvalue weighted by Gasteiger charge is -2.39. The molecule has 0 N–H and O–H groups in total. The minimum Gasteiger partial charge on any atom is -0.497 e. The number of hydrogen-bond acceptors (Lipinski definition) is 5. The zero-order chi connectivity index (χ0) is 22.9. The van der Waals surface area contributed by atoms with Crippen molar-refractivity contribution in [3.8, 4) is 5.75 Å². The van der Waals surface area contributed by atoms with Gasteiger partial charge in [0.2, 0.25) is 0 Å². The van der Waals surface area contributed by atoms with E-state index in [-0.39, 0.29) is 17.4 Å². The van der Waals surface area contributed by atoms with Crippen LogP contribution in [0.4, 0.5) is 0 Å². The number of carbonyl (C=O) groups excluding carboxylic acids is 2. The molecule has 2 aromatic rings. The molecule has 5 nitrogen and oxygen atoms in total. The minimum absolute atomic E-state index is 0.167. The Morgan fingerprint density at radius 3 is 2.41 bits per heavy atom. The Kier molecular flexibility index (Phi) is 5.95. The van der Waals surface area contributed by atoms with E-state index in [9.17, 15) is 9.59 Å². The molecule has 2 fully saturated rings. The van der Waals surface area contributed by atoms with Crippen molar-refractivity contribution in [2.24, 2.45) is 16.7 Å². The second kappa shape index (κ2) is 8.55. The summed E-state index contributed by atoms with van der Waals surface area (Å²) in [5.41, 5.74) is 0.724.